The van der Waals surface area contributed by atoms with Gasteiger partial charge in [0.05, 0.1) is 11.9 Å². The molecule has 1 saturated heterocycles. The molecule has 1 fully saturated rings. The minimum atomic E-state index is 0.211. The minimum absolute atomic E-state index is 0.211. The fraction of sp³-hybridized carbons (Fsp3) is 0.500. The third-order valence-corrected chi connectivity index (χ3v) is 4.22. The highest BCUT2D eigenvalue weighted by atomic mass is 32.1. The molecule has 0 spiro atoms. The van der Waals surface area contributed by atoms with Crippen molar-refractivity contribution < 1.29 is 4.79 Å². The number of likely N-dealkylation sites (tertiary alicyclic amines) is 1. The van der Waals surface area contributed by atoms with Crippen molar-refractivity contribution in [3.63, 3.8) is 0 Å². The molecule has 0 atom stereocenters. The minimum Gasteiger partial charge on any atom is -0.369 e. The molecule has 0 saturated carbocycles. The Hall–Kier alpha value is -1.69. The highest BCUT2D eigenvalue weighted by molar-refractivity contribution is 7.16. The monoisotopic (exact) mass is 290 g/mol. The molecule has 1 aliphatic rings. The first-order valence-corrected chi connectivity index (χ1v) is 7.91. The normalized spacial score (nSPS) is 15.2. The third kappa shape index (κ3) is 2.60. The van der Waals surface area contributed by atoms with Crippen molar-refractivity contribution in [2.24, 2.45) is 0 Å². The summed E-state index contributed by atoms with van der Waals surface area (Å²) in [4.78, 5) is 23.7. The zero-order valence-corrected chi connectivity index (χ0v) is 12.4. The third-order valence-electron chi connectivity index (χ3n) is 3.42. The summed E-state index contributed by atoms with van der Waals surface area (Å²) in [6.07, 6.45) is 2.65. The number of rotatable bonds is 5. The Morgan fingerprint density at radius 1 is 1.45 bits per heavy atom. The molecule has 2 aromatic rings. The largest absolute Gasteiger partial charge is 0.369 e. The van der Waals surface area contributed by atoms with Gasteiger partial charge in [0.2, 0.25) is 5.91 Å². The summed E-state index contributed by atoms with van der Waals surface area (Å²) in [5.74, 6) is 1.83. The Morgan fingerprint density at radius 2 is 2.35 bits per heavy atom. The van der Waals surface area contributed by atoms with Gasteiger partial charge in [0.15, 0.2) is 5.82 Å². The van der Waals surface area contributed by atoms with Gasteiger partial charge in [-0.25, -0.2) is 9.97 Å². The Bertz CT molecular complexity index is 625. The Morgan fingerprint density at radius 3 is 3.10 bits per heavy atom. The molecular formula is C14H18N4OS. The summed E-state index contributed by atoms with van der Waals surface area (Å²) in [5, 5.41) is 6.45. The number of amides is 1. The van der Waals surface area contributed by atoms with Gasteiger partial charge >= 0.3 is 0 Å². The number of carbonyl (C=O) groups excluding carboxylic acids is 1. The van der Waals surface area contributed by atoms with Crippen molar-refractivity contribution in [3.8, 4) is 0 Å². The highest BCUT2D eigenvalue weighted by Gasteiger charge is 2.21. The summed E-state index contributed by atoms with van der Waals surface area (Å²) < 4.78 is 0. The summed E-state index contributed by atoms with van der Waals surface area (Å²) in [5.41, 5.74) is 0. The number of nitrogens with one attached hydrogen (secondary N) is 1. The molecule has 5 nitrogen and oxygen atoms in total. The number of hydrogen-bond donors (Lipinski definition) is 1. The molecule has 3 rings (SSSR count). The second kappa shape index (κ2) is 5.75. The maximum atomic E-state index is 11.7. The van der Waals surface area contributed by atoms with Crippen LogP contribution in [0.25, 0.3) is 10.2 Å². The van der Waals surface area contributed by atoms with Crippen LogP contribution in [0.5, 0.6) is 0 Å². The lowest BCUT2D eigenvalue weighted by Gasteiger charge is -2.15. The van der Waals surface area contributed by atoms with Crippen molar-refractivity contribution in [2.75, 3.05) is 18.4 Å². The zero-order valence-electron chi connectivity index (χ0n) is 11.6. The number of aromatic nitrogens is 2. The Balaban J connectivity index is 1.88. The SMILES string of the molecule is CCCNc1nc(CN2CCCC2=O)nc2sccc12. The van der Waals surface area contributed by atoms with Gasteiger partial charge in [-0.15, -0.1) is 11.3 Å². The van der Waals surface area contributed by atoms with Gasteiger partial charge in [0, 0.05) is 19.5 Å². The molecule has 1 amide bonds. The van der Waals surface area contributed by atoms with E-state index in [1.165, 1.54) is 0 Å². The number of carbonyl (C=O) groups is 1. The van der Waals surface area contributed by atoms with Crippen LogP contribution in [0.1, 0.15) is 32.0 Å². The lowest BCUT2D eigenvalue weighted by molar-refractivity contribution is -0.128. The van der Waals surface area contributed by atoms with Crippen LogP contribution in [-0.2, 0) is 11.3 Å². The van der Waals surface area contributed by atoms with Crippen LogP contribution < -0.4 is 5.32 Å². The molecule has 0 aromatic carbocycles. The fourth-order valence-electron chi connectivity index (χ4n) is 2.39. The lowest BCUT2D eigenvalue weighted by Crippen LogP contribution is -2.25. The second-order valence-corrected chi connectivity index (χ2v) is 5.87. The van der Waals surface area contributed by atoms with Crippen LogP contribution in [0.15, 0.2) is 11.4 Å². The van der Waals surface area contributed by atoms with Gasteiger partial charge in [0.25, 0.3) is 0 Å². The molecule has 0 bridgehead atoms. The van der Waals surface area contributed by atoms with E-state index in [0.29, 0.717) is 13.0 Å². The van der Waals surface area contributed by atoms with Gasteiger partial charge < -0.3 is 10.2 Å². The molecule has 2 aromatic heterocycles. The number of anilines is 1. The van der Waals surface area contributed by atoms with E-state index in [2.05, 4.69) is 22.2 Å². The predicted molar refractivity (Wildman–Crippen MR) is 80.8 cm³/mol. The Kier molecular flexibility index (Phi) is 3.82. The van der Waals surface area contributed by atoms with Crippen LogP contribution in [0.4, 0.5) is 5.82 Å². The summed E-state index contributed by atoms with van der Waals surface area (Å²) >= 11 is 1.61. The summed E-state index contributed by atoms with van der Waals surface area (Å²) in [6.45, 7) is 4.36. The van der Waals surface area contributed by atoms with Crippen molar-refractivity contribution in [1.29, 1.82) is 0 Å². The topological polar surface area (TPSA) is 58.1 Å². The van der Waals surface area contributed by atoms with E-state index in [0.717, 1.165) is 47.8 Å². The van der Waals surface area contributed by atoms with Crippen LogP contribution in [0.3, 0.4) is 0 Å². The van der Waals surface area contributed by atoms with Crippen molar-refractivity contribution in [1.82, 2.24) is 14.9 Å². The van der Waals surface area contributed by atoms with Gasteiger partial charge in [-0.2, -0.15) is 0 Å². The quantitative estimate of drug-likeness (QED) is 0.919. The average Bonchev–Trinajstić information content (AvgIpc) is 3.06. The molecule has 0 unspecified atom stereocenters. The van der Waals surface area contributed by atoms with Gasteiger partial charge in [0.1, 0.15) is 10.6 Å². The lowest BCUT2D eigenvalue weighted by atomic mass is 10.3. The number of hydrogen-bond acceptors (Lipinski definition) is 5. The molecule has 0 radical (unpaired) electrons. The van der Waals surface area contributed by atoms with E-state index in [9.17, 15) is 4.79 Å². The molecule has 3 heterocycles. The molecule has 106 valence electrons. The maximum absolute atomic E-state index is 11.7. The maximum Gasteiger partial charge on any atom is 0.223 e. The molecule has 0 aliphatic carbocycles. The number of fused-ring (bicyclic) bond motifs is 1. The highest BCUT2D eigenvalue weighted by Crippen LogP contribution is 2.25. The van der Waals surface area contributed by atoms with Gasteiger partial charge in [-0.1, -0.05) is 6.92 Å². The van der Waals surface area contributed by atoms with E-state index in [1.54, 1.807) is 11.3 Å². The number of nitrogens with zero attached hydrogens (tertiary/aromatic N) is 3. The van der Waals surface area contributed by atoms with Gasteiger partial charge in [-0.05, 0) is 24.3 Å². The van der Waals surface area contributed by atoms with E-state index < -0.39 is 0 Å². The van der Waals surface area contributed by atoms with Gasteiger partial charge in [-0.3, -0.25) is 4.79 Å². The van der Waals surface area contributed by atoms with Crippen LogP contribution in [0.2, 0.25) is 0 Å². The van der Waals surface area contributed by atoms with E-state index in [4.69, 9.17) is 0 Å². The molecule has 20 heavy (non-hydrogen) atoms. The number of thiophene rings is 1. The smallest absolute Gasteiger partial charge is 0.223 e. The van der Waals surface area contributed by atoms with Crippen molar-refractivity contribution in [2.45, 2.75) is 32.7 Å². The van der Waals surface area contributed by atoms with Crippen LogP contribution in [0, 0.1) is 0 Å². The van der Waals surface area contributed by atoms with Crippen LogP contribution in [-0.4, -0.2) is 33.9 Å². The zero-order chi connectivity index (χ0) is 13.9. The molecule has 1 aliphatic heterocycles. The summed E-state index contributed by atoms with van der Waals surface area (Å²) in [7, 11) is 0. The summed E-state index contributed by atoms with van der Waals surface area (Å²) in [6, 6.07) is 2.04. The first-order chi connectivity index (χ1) is 9.78. The predicted octanol–water partition coefficient (Wildman–Crippen LogP) is 2.64. The first kappa shape index (κ1) is 13.3. The molecule has 1 N–H and O–H groups in total. The fourth-order valence-corrected chi connectivity index (χ4v) is 3.17. The van der Waals surface area contributed by atoms with E-state index in [-0.39, 0.29) is 5.91 Å². The van der Waals surface area contributed by atoms with E-state index in [1.807, 2.05) is 16.3 Å². The molecule has 6 heteroatoms. The Labute approximate surface area is 122 Å². The van der Waals surface area contributed by atoms with E-state index >= 15 is 0 Å². The first-order valence-electron chi connectivity index (χ1n) is 7.03. The second-order valence-electron chi connectivity index (χ2n) is 4.97. The van der Waals surface area contributed by atoms with Crippen molar-refractivity contribution >= 4 is 33.3 Å². The van der Waals surface area contributed by atoms with Crippen molar-refractivity contribution in [3.05, 3.63) is 17.3 Å². The molecular weight excluding hydrogens is 272 g/mol. The van der Waals surface area contributed by atoms with Crippen LogP contribution >= 0.6 is 11.3 Å². The average molecular weight is 290 g/mol. The standard InChI is InChI=1S/C14H18N4OS/c1-2-6-15-13-10-5-8-20-14(10)17-11(16-13)9-18-7-3-4-12(18)19/h5,8H,2-4,6-7,9H2,1H3,(H,15,16,17).